The number of rotatable bonds is 8. The number of benzene rings is 1. The van der Waals surface area contributed by atoms with E-state index in [1.54, 1.807) is 20.3 Å². The van der Waals surface area contributed by atoms with Crippen molar-refractivity contribution in [1.29, 1.82) is 0 Å². The first-order valence-electron chi connectivity index (χ1n) is 8.28. The highest BCUT2D eigenvalue weighted by Gasteiger charge is 2.16. The lowest BCUT2D eigenvalue weighted by atomic mass is 10.1. The van der Waals surface area contributed by atoms with Gasteiger partial charge in [0.05, 0.1) is 20.3 Å². The van der Waals surface area contributed by atoms with Gasteiger partial charge in [0.1, 0.15) is 11.5 Å². The zero-order chi connectivity index (χ0) is 18.4. The van der Waals surface area contributed by atoms with Crippen molar-refractivity contribution < 1.29 is 18.8 Å². The van der Waals surface area contributed by atoms with Gasteiger partial charge >= 0.3 is 0 Å². The van der Waals surface area contributed by atoms with Gasteiger partial charge in [0, 0.05) is 30.4 Å². The minimum absolute atomic E-state index is 0.0883. The first-order chi connectivity index (χ1) is 11.9. The third kappa shape index (κ3) is 4.95. The Kier molecular flexibility index (Phi) is 6.38. The van der Waals surface area contributed by atoms with E-state index in [2.05, 4.69) is 15.5 Å². The Bertz CT molecular complexity index is 712. The van der Waals surface area contributed by atoms with Crippen molar-refractivity contribution >= 4 is 5.91 Å². The van der Waals surface area contributed by atoms with E-state index < -0.39 is 0 Å². The van der Waals surface area contributed by atoms with E-state index in [1.807, 2.05) is 32.9 Å². The van der Waals surface area contributed by atoms with E-state index in [0.29, 0.717) is 29.6 Å². The molecule has 7 heteroatoms. The van der Waals surface area contributed by atoms with Crippen molar-refractivity contribution in [2.75, 3.05) is 14.2 Å². The normalized spacial score (nSPS) is 12.1. The quantitative estimate of drug-likeness (QED) is 0.790. The van der Waals surface area contributed by atoms with Gasteiger partial charge in [0.25, 0.3) is 0 Å². The SMILES string of the molecule is COc1ccc([C@H](C)NC(=O)CCc2nc(C(C)C)no2)c(OC)c1. The molecule has 1 aromatic carbocycles. The predicted octanol–water partition coefficient (Wildman–Crippen LogP) is 3.02. The molecule has 1 amide bonds. The standard InChI is InChI=1S/C18H25N3O4/c1-11(2)18-20-17(25-21-18)9-8-16(22)19-12(3)14-7-6-13(23-4)10-15(14)24-5/h6-7,10-12H,8-9H2,1-5H3,(H,19,22)/t12-/m0/s1. The highest BCUT2D eigenvalue weighted by Crippen LogP contribution is 2.29. The molecule has 0 spiro atoms. The maximum atomic E-state index is 12.2. The number of aryl methyl sites for hydroxylation is 1. The average molecular weight is 347 g/mol. The van der Waals surface area contributed by atoms with Crippen LogP contribution in [-0.2, 0) is 11.2 Å². The summed E-state index contributed by atoms with van der Waals surface area (Å²) in [5, 5.41) is 6.85. The number of amides is 1. The topological polar surface area (TPSA) is 86.5 Å². The molecule has 0 aliphatic heterocycles. The van der Waals surface area contributed by atoms with Gasteiger partial charge < -0.3 is 19.3 Å². The zero-order valence-corrected chi connectivity index (χ0v) is 15.3. The summed E-state index contributed by atoms with van der Waals surface area (Å²) in [6, 6.07) is 5.33. The largest absolute Gasteiger partial charge is 0.497 e. The molecular weight excluding hydrogens is 322 g/mol. The molecule has 0 aliphatic rings. The Morgan fingerprint density at radius 2 is 2.00 bits per heavy atom. The van der Waals surface area contributed by atoms with Crippen LogP contribution in [0.5, 0.6) is 11.5 Å². The number of carbonyl (C=O) groups excluding carboxylic acids is 1. The fourth-order valence-corrected chi connectivity index (χ4v) is 2.39. The van der Waals surface area contributed by atoms with Crippen LogP contribution in [0.15, 0.2) is 22.7 Å². The molecule has 1 atom stereocenters. The molecule has 0 saturated heterocycles. The fourth-order valence-electron chi connectivity index (χ4n) is 2.39. The van der Waals surface area contributed by atoms with Crippen molar-refractivity contribution in [2.45, 2.75) is 45.6 Å². The molecule has 2 rings (SSSR count). The number of nitrogens with zero attached hydrogens (tertiary/aromatic N) is 2. The minimum Gasteiger partial charge on any atom is -0.497 e. The van der Waals surface area contributed by atoms with Crippen LogP contribution >= 0.6 is 0 Å². The molecule has 0 radical (unpaired) electrons. The fraction of sp³-hybridized carbons (Fsp3) is 0.500. The second-order valence-corrected chi connectivity index (χ2v) is 6.10. The van der Waals surface area contributed by atoms with Gasteiger partial charge in [-0.05, 0) is 19.1 Å². The molecule has 25 heavy (non-hydrogen) atoms. The van der Waals surface area contributed by atoms with Gasteiger partial charge in [-0.1, -0.05) is 19.0 Å². The smallest absolute Gasteiger partial charge is 0.227 e. The van der Waals surface area contributed by atoms with E-state index in [1.165, 1.54) is 0 Å². The molecular formula is C18H25N3O4. The summed E-state index contributed by atoms with van der Waals surface area (Å²) in [6.07, 6.45) is 0.695. The van der Waals surface area contributed by atoms with Crippen LogP contribution in [0, 0.1) is 0 Å². The molecule has 1 aromatic heterocycles. The number of ether oxygens (including phenoxy) is 2. The molecule has 7 nitrogen and oxygen atoms in total. The highest BCUT2D eigenvalue weighted by atomic mass is 16.5. The molecule has 2 aromatic rings. The second kappa shape index (κ2) is 8.50. The Morgan fingerprint density at radius 1 is 1.24 bits per heavy atom. The van der Waals surface area contributed by atoms with Crippen molar-refractivity contribution in [3.8, 4) is 11.5 Å². The van der Waals surface area contributed by atoms with Gasteiger partial charge in [-0.3, -0.25) is 4.79 Å². The lowest BCUT2D eigenvalue weighted by Gasteiger charge is -2.18. The number of methoxy groups -OCH3 is 2. The van der Waals surface area contributed by atoms with Crippen molar-refractivity contribution in [3.63, 3.8) is 0 Å². The predicted molar refractivity (Wildman–Crippen MR) is 92.8 cm³/mol. The minimum atomic E-state index is -0.192. The lowest BCUT2D eigenvalue weighted by Crippen LogP contribution is -2.27. The van der Waals surface area contributed by atoms with E-state index in [9.17, 15) is 4.79 Å². The number of aromatic nitrogens is 2. The third-order valence-electron chi connectivity index (χ3n) is 3.85. The molecule has 1 N–H and O–H groups in total. The van der Waals surface area contributed by atoms with Crippen molar-refractivity contribution in [1.82, 2.24) is 15.5 Å². The molecule has 0 fully saturated rings. The van der Waals surface area contributed by atoms with Gasteiger partial charge in [0.2, 0.25) is 11.8 Å². The van der Waals surface area contributed by atoms with Crippen LogP contribution in [0.25, 0.3) is 0 Å². The number of hydrogen-bond acceptors (Lipinski definition) is 6. The first-order valence-corrected chi connectivity index (χ1v) is 8.28. The van der Waals surface area contributed by atoms with Gasteiger partial charge in [-0.25, -0.2) is 0 Å². The van der Waals surface area contributed by atoms with Crippen molar-refractivity contribution in [2.24, 2.45) is 0 Å². The van der Waals surface area contributed by atoms with Gasteiger partial charge in [-0.2, -0.15) is 4.98 Å². The lowest BCUT2D eigenvalue weighted by molar-refractivity contribution is -0.121. The Labute approximate surface area is 147 Å². The van der Waals surface area contributed by atoms with Crippen LogP contribution < -0.4 is 14.8 Å². The summed E-state index contributed by atoms with van der Waals surface area (Å²) in [7, 11) is 3.19. The van der Waals surface area contributed by atoms with Gasteiger partial charge in [0.15, 0.2) is 5.82 Å². The van der Waals surface area contributed by atoms with Crippen LogP contribution in [0.1, 0.15) is 56.4 Å². The summed E-state index contributed by atoms with van der Waals surface area (Å²) in [4.78, 5) is 16.5. The molecule has 0 unspecified atom stereocenters. The number of carbonyl (C=O) groups is 1. The summed E-state index contributed by atoms with van der Waals surface area (Å²) in [5.41, 5.74) is 0.886. The average Bonchev–Trinajstić information content (AvgIpc) is 3.08. The van der Waals surface area contributed by atoms with E-state index >= 15 is 0 Å². The summed E-state index contributed by atoms with van der Waals surface area (Å²) >= 11 is 0. The molecule has 0 aliphatic carbocycles. The zero-order valence-electron chi connectivity index (χ0n) is 15.3. The van der Waals surface area contributed by atoms with E-state index in [-0.39, 0.29) is 24.3 Å². The van der Waals surface area contributed by atoms with E-state index in [4.69, 9.17) is 14.0 Å². The molecule has 0 bridgehead atoms. The monoisotopic (exact) mass is 347 g/mol. The van der Waals surface area contributed by atoms with Crippen LogP contribution in [-0.4, -0.2) is 30.3 Å². The van der Waals surface area contributed by atoms with Gasteiger partial charge in [-0.15, -0.1) is 0 Å². The first kappa shape index (κ1) is 18.8. The Balaban J connectivity index is 1.93. The molecule has 0 saturated carbocycles. The summed E-state index contributed by atoms with van der Waals surface area (Å²) in [6.45, 7) is 5.89. The number of nitrogens with one attached hydrogen (secondary N) is 1. The van der Waals surface area contributed by atoms with E-state index in [0.717, 1.165) is 5.56 Å². The maximum absolute atomic E-state index is 12.2. The maximum Gasteiger partial charge on any atom is 0.227 e. The second-order valence-electron chi connectivity index (χ2n) is 6.10. The Morgan fingerprint density at radius 3 is 2.60 bits per heavy atom. The number of hydrogen-bond donors (Lipinski definition) is 1. The van der Waals surface area contributed by atoms with Crippen molar-refractivity contribution in [3.05, 3.63) is 35.5 Å². The summed E-state index contributed by atoms with van der Waals surface area (Å²) in [5.74, 6) is 2.63. The van der Waals surface area contributed by atoms with Crippen LogP contribution in [0.4, 0.5) is 0 Å². The van der Waals surface area contributed by atoms with Crippen LogP contribution in [0.2, 0.25) is 0 Å². The molecule has 136 valence electrons. The highest BCUT2D eigenvalue weighted by molar-refractivity contribution is 5.76. The molecule has 1 heterocycles. The Hall–Kier alpha value is -2.57. The summed E-state index contributed by atoms with van der Waals surface area (Å²) < 4.78 is 15.7. The van der Waals surface area contributed by atoms with Crippen LogP contribution in [0.3, 0.4) is 0 Å². The third-order valence-corrected chi connectivity index (χ3v) is 3.85.